The molecule has 1 heterocycles. The van der Waals surface area contributed by atoms with Crippen LogP contribution < -0.4 is 5.01 Å². The van der Waals surface area contributed by atoms with Crippen molar-refractivity contribution >= 4 is 23.2 Å². The van der Waals surface area contributed by atoms with E-state index in [2.05, 4.69) is 10.1 Å². The molecule has 0 radical (unpaired) electrons. The molecule has 1 unspecified atom stereocenters. The van der Waals surface area contributed by atoms with Gasteiger partial charge in [0.1, 0.15) is 18.5 Å². The van der Waals surface area contributed by atoms with Crippen molar-refractivity contribution in [1.29, 1.82) is 0 Å². The molecule has 1 atom stereocenters. The second-order valence-corrected chi connectivity index (χ2v) is 5.85. The van der Waals surface area contributed by atoms with E-state index in [0.717, 1.165) is 11.1 Å². The molecule has 0 N–H and O–H groups in total. The summed E-state index contributed by atoms with van der Waals surface area (Å²) in [7, 11) is 1.85. The van der Waals surface area contributed by atoms with Crippen LogP contribution in [0, 0.1) is 5.82 Å². The van der Waals surface area contributed by atoms with Crippen LogP contribution in [0.25, 0.3) is 0 Å². The number of aromatic nitrogens is 3. The predicted octanol–water partition coefficient (Wildman–Crippen LogP) is 4.08. The maximum atomic E-state index is 13.3. The van der Waals surface area contributed by atoms with Crippen molar-refractivity contribution in [3.8, 4) is 0 Å². The molecule has 0 aliphatic heterocycles. The van der Waals surface area contributed by atoms with Gasteiger partial charge in [-0.1, -0.05) is 41.4 Å². The first kappa shape index (κ1) is 15.8. The summed E-state index contributed by atoms with van der Waals surface area (Å²) in [6.45, 7) is 0. The first-order valence-corrected chi connectivity index (χ1v) is 7.60. The Bertz CT molecular complexity index is 790. The third-order valence-corrected chi connectivity index (χ3v) is 4.11. The van der Waals surface area contributed by atoms with Crippen LogP contribution in [-0.2, 0) is 0 Å². The van der Waals surface area contributed by atoms with Crippen molar-refractivity contribution in [2.24, 2.45) is 0 Å². The van der Waals surface area contributed by atoms with E-state index >= 15 is 0 Å². The van der Waals surface area contributed by atoms with Crippen LogP contribution in [0.4, 0.5) is 4.39 Å². The molecule has 0 aliphatic carbocycles. The van der Waals surface area contributed by atoms with Crippen LogP contribution in [0.15, 0.2) is 55.1 Å². The molecule has 1 aromatic heterocycles. The average Bonchev–Trinajstić information content (AvgIpc) is 3.05. The van der Waals surface area contributed by atoms with E-state index in [4.69, 9.17) is 23.2 Å². The summed E-state index contributed by atoms with van der Waals surface area (Å²) in [5, 5.41) is 7.08. The van der Waals surface area contributed by atoms with Crippen LogP contribution in [0.1, 0.15) is 17.2 Å². The second-order valence-electron chi connectivity index (χ2n) is 5.01. The van der Waals surface area contributed by atoms with Crippen molar-refractivity contribution in [3.05, 3.63) is 82.1 Å². The highest BCUT2D eigenvalue weighted by Gasteiger charge is 2.23. The van der Waals surface area contributed by atoms with Crippen LogP contribution in [0.5, 0.6) is 0 Å². The molecule has 0 saturated heterocycles. The minimum Gasteiger partial charge on any atom is -0.287 e. The molecule has 0 saturated carbocycles. The largest absolute Gasteiger partial charge is 0.287 e. The number of halogens is 3. The Morgan fingerprint density at radius 3 is 2.48 bits per heavy atom. The quantitative estimate of drug-likeness (QED) is 0.710. The summed E-state index contributed by atoms with van der Waals surface area (Å²) in [4.78, 5) is 5.56. The number of nitrogens with zero attached hydrogens (tertiary/aromatic N) is 4. The molecule has 23 heavy (non-hydrogen) atoms. The zero-order valence-corrected chi connectivity index (χ0v) is 13.7. The molecule has 118 valence electrons. The minimum atomic E-state index is -0.293. The SMILES string of the molecule is CN(C(c1ccc(F)cc1)c1ccc(Cl)cc1Cl)n1cncn1. The molecule has 7 heteroatoms. The molecule has 0 bridgehead atoms. The lowest BCUT2D eigenvalue weighted by atomic mass is 9.98. The van der Waals surface area contributed by atoms with Gasteiger partial charge in [-0.05, 0) is 35.4 Å². The molecule has 3 aromatic rings. The van der Waals surface area contributed by atoms with Gasteiger partial charge in [0.2, 0.25) is 0 Å². The lowest BCUT2D eigenvalue weighted by molar-refractivity contribution is 0.528. The Balaban J connectivity index is 2.11. The lowest BCUT2D eigenvalue weighted by Gasteiger charge is -2.30. The fourth-order valence-electron chi connectivity index (χ4n) is 2.45. The Hall–Kier alpha value is -2.11. The van der Waals surface area contributed by atoms with Gasteiger partial charge in [0.05, 0.1) is 6.04 Å². The van der Waals surface area contributed by atoms with E-state index in [-0.39, 0.29) is 11.9 Å². The van der Waals surface area contributed by atoms with E-state index in [1.165, 1.54) is 18.5 Å². The monoisotopic (exact) mass is 350 g/mol. The third-order valence-electron chi connectivity index (χ3n) is 3.55. The fraction of sp³-hybridized carbons (Fsp3) is 0.125. The summed E-state index contributed by atoms with van der Waals surface area (Å²) in [5.41, 5.74) is 1.70. The van der Waals surface area contributed by atoms with Crippen molar-refractivity contribution < 1.29 is 4.39 Å². The highest BCUT2D eigenvalue weighted by Crippen LogP contribution is 2.33. The smallest absolute Gasteiger partial charge is 0.139 e. The van der Waals surface area contributed by atoms with Gasteiger partial charge in [-0.25, -0.2) is 9.37 Å². The van der Waals surface area contributed by atoms with Crippen LogP contribution >= 0.6 is 23.2 Å². The molecule has 0 aliphatic rings. The number of hydrogen-bond donors (Lipinski definition) is 0. The third kappa shape index (κ3) is 3.30. The van der Waals surface area contributed by atoms with E-state index in [0.29, 0.717) is 10.0 Å². The van der Waals surface area contributed by atoms with Crippen molar-refractivity contribution in [1.82, 2.24) is 14.9 Å². The number of benzene rings is 2. The molecular formula is C16H13Cl2FN4. The predicted molar refractivity (Wildman–Crippen MR) is 88.9 cm³/mol. The molecule has 4 nitrogen and oxygen atoms in total. The molecule has 0 amide bonds. The standard InChI is InChI=1S/C16H13Cl2FN4/c1-22(23-10-20-9-21-23)16(11-2-5-13(19)6-3-11)14-7-4-12(17)8-15(14)18/h2-10,16H,1H3. The van der Waals surface area contributed by atoms with E-state index in [1.54, 1.807) is 35.4 Å². The zero-order valence-electron chi connectivity index (χ0n) is 12.2. The summed E-state index contributed by atoms with van der Waals surface area (Å²) in [6.07, 6.45) is 3.03. The molecule has 3 rings (SSSR count). The first-order valence-electron chi connectivity index (χ1n) is 6.84. The van der Waals surface area contributed by atoms with Crippen molar-refractivity contribution in [2.45, 2.75) is 6.04 Å². The van der Waals surface area contributed by atoms with E-state index in [9.17, 15) is 4.39 Å². The second kappa shape index (κ2) is 6.56. The highest BCUT2D eigenvalue weighted by atomic mass is 35.5. The Morgan fingerprint density at radius 2 is 1.87 bits per heavy atom. The van der Waals surface area contributed by atoms with Gasteiger partial charge in [0.25, 0.3) is 0 Å². The van der Waals surface area contributed by atoms with Gasteiger partial charge in [0, 0.05) is 17.1 Å². The summed E-state index contributed by atoms with van der Waals surface area (Å²) < 4.78 is 13.3. The van der Waals surface area contributed by atoms with Gasteiger partial charge >= 0.3 is 0 Å². The summed E-state index contributed by atoms with van der Waals surface area (Å²) >= 11 is 12.4. The molecule has 0 spiro atoms. The summed E-state index contributed by atoms with van der Waals surface area (Å²) in [5.74, 6) is -0.293. The summed E-state index contributed by atoms with van der Waals surface area (Å²) in [6, 6.07) is 11.3. The van der Waals surface area contributed by atoms with Gasteiger partial charge in [0.15, 0.2) is 0 Å². The topological polar surface area (TPSA) is 34.0 Å². The van der Waals surface area contributed by atoms with Crippen LogP contribution in [-0.4, -0.2) is 21.9 Å². The van der Waals surface area contributed by atoms with Crippen LogP contribution in [0.2, 0.25) is 10.0 Å². The van der Waals surface area contributed by atoms with Gasteiger partial charge in [-0.3, -0.25) is 5.01 Å². The minimum absolute atomic E-state index is 0.276. The first-order chi connectivity index (χ1) is 11.1. The average molecular weight is 351 g/mol. The highest BCUT2D eigenvalue weighted by molar-refractivity contribution is 6.35. The zero-order chi connectivity index (χ0) is 16.4. The van der Waals surface area contributed by atoms with Gasteiger partial charge in [-0.15, -0.1) is 5.10 Å². The normalized spacial score (nSPS) is 12.2. The number of hydrogen-bond acceptors (Lipinski definition) is 3. The molecule has 0 fully saturated rings. The fourth-order valence-corrected chi connectivity index (χ4v) is 2.96. The van der Waals surface area contributed by atoms with Crippen LogP contribution in [0.3, 0.4) is 0 Å². The number of rotatable bonds is 4. The van der Waals surface area contributed by atoms with Crippen molar-refractivity contribution in [2.75, 3.05) is 12.1 Å². The van der Waals surface area contributed by atoms with Crippen molar-refractivity contribution in [3.63, 3.8) is 0 Å². The molecule has 2 aromatic carbocycles. The Labute approximate surface area is 143 Å². The maximum Gasteiger partial charge on any atom is 0.139 e. The van der Waals surface area contributed by atoms with Gasteiger partial charge < -0.3 is 0 Å². The van der Waals surface area contributed by atoms with E-state index < -0.39 is 0 Å². The lowest BCUT2D eigenvalue weighted by Crippen LogP contribution is -2.35. The Morgan fingerprint density at radius 1 is 1.13 bits per heavy atom. The van der Waals surface area contributed by atoms with Gasteiger partial charge in [-0.2, -0.15) is 4.79 Å². The Kier molecular flexibility index (Phi) is 4.50. The maximum absolute atomic E-state index is 13.3. The van der Waals surface area contributed by atoms with E-state index in [1.807, 2.05) is 18.1 Å². The molecular weight excluding hydrogens is 338 g/mol.